The largest absolute Gasteiger partial charge is 0.408 e. The molecule has 0 aromatic carbocycles. The van der Waals surface area contributed by atoms with Gasteiger partial charge in [0.05, 0.1) is 23.1 Å². The Morgan fingerprint density at radius 1 is 0.676 bits per heavy atom. The Labute approximate surface area is 220 Å². The van der Waals surface area contributed by atoms with E-state index in [1.807, 2.05) is 31.6 Å². The second-order valence-corrected chi connectivity index (χ2v) is 12.7. The molecule has 37 heavy (non-hydrogen) atoms. The summed E-state index contributed by atoms with van der Waals surface area (Å²) in [7, 11) is 0. The second-order valence-electron chi connectivity index (χ2n) is 12.7. The van der Waals surface area contributed by atoms with Gasteiger partial charge in [-0.15, -0.1) is 0 Å². The maximum absolute atomic E-state index is 12.0. The van der Waals surface area contributed by atoms with Gasteiger partial charge in [-0.05, 0) is 38.0 Å². The number of aryl methyl sites for hydroxylation is 1. The topological polar surface area (TPSA) is 53.5 Å². The van der Waals surface area contributed by atoms with Crippen molar-refractivity contribution in [1.29, 1.82) is 0 Å². The van der Waals surface area contributed by atoms with Crippen molar-refractivity contribution in [3.05, 3.63) is 53.9 Å². The fourth-order valence-electron chi connectivity index (χ4n) is 3.25. The molecule has 6 nitrogen and oxygen atoms in total. The first kappa shape index (κ1) is 30.6. The Bertz CT molecular complexity index is 1100. The summed E-state index contributed by atoms with van der Waals surface area (Å²) in [5, 5.41) is 12.8. The normalized spacial score (nSPS) is 14.5. The number of hydrogen-bond donors (Lipinski definition) is 0. The summed E-state index contributed by atoms with van der Waals surface area (Å²) in [5.74, 6) is 0. The number of alkyl halides is 3. The lowest BCUT2D eigenvalue weighted by atomic mass is 9.93. The summed E-state index contributed by atoms with van der Waals surface area (Å²) in [4.78, 5) is 0. The summed E-state index contributed by atoms with van der Waals surface area (Å²) in [6, 6.07) is 6.55. The van der Waals surface area contributed by atoms with Gasteiger partial charge in [-0.2, -0.15) is 28.5 Å². The molecular weight excluding hydrogens is 477 g/mol. The van der Waals surface area contributed by atoms with Gasteiger partial charge in [0.2, 0.25) is 0 Å². The Balaban J connectivity index is 0.000000197. The Morgan fingerprint density at radius 2 is 1.08 bits per heavy atom. The molecule has 0 bridgehead atoms. The van der Waals surface area contributed by atoms with Gasteiger partial charge in [-0.3, -0.25) is 14.0 Å². The summed E-state index contributed by atoms with van der Waals surface area (Å²) < 4.78 is 40.9. The van der Waals surface area contributed by atoms with Crippen LogP contribution in [0.1, 0.15) is 105 Å². The molecule has 1 aliphatic rings. The van der Waals surface area contributed by atoms with E-state index >= 15 is 0 Å². The lowest BCUT2D eigenvalue weighted by Gasteiger charge is -2.14. The van der Waals surface area contributed by atoms with Gasteiger partial charge in [-0.25, -0.2) is 0 Å². The quantitative estimate of drug-likeness (QED) is 0.359. The number of hydrogen-bond acceptors (Lipinski definition) is 3. The predicted octanol–water partition coefficient (Wildman–Crippen LogP) is 7.46. The van der Waals surface area contributed by atoms with E-state index in [4.69, 9.17) is 0 Å². The maximum Gasteiger partial charge on any atom is 0.408 e. The van der Waals surface area contributed by atoms with Crippen LogP contribution in [0, 0.1) is 0 Å². The number of aromatic nitrogens is 6. The van der Waals surface area contributed by atoms with E-state index in [0.29, 0.717) is 11.7 Å². The van der Waals surface area contributed by atoms with Crippen molar-refractivity contribution in [3.63, 3.8) is 0 Å². The van der Waals surface area contributed by atoms with Crippen molar-refractivity contribution in [3.8, 4) is 0 Å². The Kier molecular flexibility index (Phi) is 9.47. The first-order valence-corrected chi connectivity index (χ1v) is 13.0. The third-order valence-corrected chi connectivity index (χ3v) is 5.78. The second kappa shape index (κ2) is 11.4. The molecule has 3 heterocycles. The summed E-state index contributed by atoms with van der Waals surface area (Å²) in [6.45, 7) is 20.9. The van der Waals surface area contributed by atoms with E-state index in [0.717, 1.165) is 11.2 Å². The smallest absolute Gasteiger partial charge is 0.273 e. The van der Waals surface area contributed by atoms with Gasteiger partial charge in [-0.1, -0.05) is 62.3 Å². The average molecular weight is 523 g/mol. The van der Waals surface area contributed by atoms with E-state index in [-0.39, 0.29) is 16.2 Å². The third-order valence-electron chi connectivity index (χ3n) is 5.78. The summed E-state index contributed by atoms with van der Waals surface area (Å²) in [5.41, 5.74) is 3.20. The molecule has 0 radical (unpaired) electrons. The lowest BCUT2D eigenvalue weighted by molar-refractivity contribution is -0.142. The monoisotopic (exact) mass is 522 g/mol. The molecule has 3 aromatic rings. The molecule has 0 N–H and O–H groups in total. The SMILES string of the molecule is CC(C)(C)c1ccn(C2CC2)n1.CC(C)(C)c1ccn(CC(F)(F)F)n1.CCn1ccc(C(C)(C)C)n1. The highest BCUT2D eigenvalue weighted by Crippen LogP contribution is 2.34. The minimum atomic E-state index is -4.21. The first-order chi connectivity index (χ1) is 16.8. The van der Waals surface area contributed by atoms with Crippen molar-refractivity contribution < 1.29 is 13.2 Å². The standard InChI is InChI=1S/C10H16N2.C9H13F3N2.C9H16N2/c1-10(2,3)9-6-7-12(11-9)8-4-5-8;1-8(2,3)7-4-5-14(13-7)6-9(10,11)12;1-5-11-7-6-8(10-11)9(2,3)4/h6-8H,4-5H2,1-3H3;4-5H,6H2,1-3H3;6-7H,5H2,1-4H3. The molecule has 208 valence electrons. The molecule has 0 unspecified atom stereocenters. The van der Waals surface area contributed by atoms with E-state index in [1.165, 1.54) is 30.4 Å². The molecule has 0 saturated heterocycles. The molecule has 9 heteroatoms. The molecule has 1 aliphatic carbocycles. The molecule has 0 amide bonds. The number of halogens is 3. The predicted molar refractivity (Wildman–Crippen MR) is 143 cm³/mol. The van der Waals surface area contributed by atoms with Crippen LogP contribution in [-0.4, -0.2) is 35.5 Å². The molecule has 0 atom stereocenters. The summed E-state index contributed by atoms with van der Waals surface area (Å²) in [6.07, 6.45) is 3.91. The maximum atomic E-state index is 12.0. The van der Waals surface area contributed by atoms with Crippen LogP contribution in [0.4, 0.5) is 13.2 Å². The van der Waals surface area contributed by atoms with Gasteiger partial charge in [0.25, 0.3) is 0 Å². The zero-order valence-corrected chi connectivity index (χ0v) is 24.2. The number of nitrogens with zero attached hydrogens (tertiary/aromatic N) is 6. The van der Waals surface area contributed by atoms with Crippen molar-refractivity contribution in [2.75, 3.05) is 0 Å². The Hall–Kier alpha value is -2.58. The van der Waals surface area contributed by atoms with Crippen LogP contribution in [0.15, 0.2) is 36.8 Å². The van der Waals surface area contributed by atoms with Crippen LogP contribution in [0.3, 0.4) is 0 Å². The Morgan fingerprint density at radius 3 is 1.41 bits per heavy atom. The van der Waals surface area contributed by atoms with Crippen molar-refractivity contribution in [1.82, 2.24) is 29.3 Å². The molecule has 0 spiro atoms. The molecule has 0 aliphatic heterocycles. The zero-order chi connectivity index (χ0) is 28.2. The average Bonchev–Trinajstić information content (AvgIpc) is 3.15. The molecule has 1 saturated carbocycles. The van der Waals surface area contributed by atoms with E-state index in [1.54, 1.807) is 6.07 Å². The fraction of sp³-hybridized carbons (Fsp3) is 0.679. The highest BCUT2D eigenvalue weighted by Gasteiger charge is 2.29. The van der Waals surface area contributed by atoms with Crippen molar-refractivity contribution >= 4 is 0 Å². The molecule has 3 aromatic heterocycles. The van der Waals surface area contributed by atoms with E-state index in [2.05, 4.69) is 86.8 Å². The molecular formula is C28H45F3N6. The van der Waals surface area contributed by atoms with Gasteiger partial charge in [0.1, 0.15) is 6.54 Å². The van der Waals surface area contributed by atoms with Crippen molar-refractivity contribution in [2.45, 2.75) is 124 Å². The third kappa shape index (κ3) is 10.4. The van der Waals surface area contributed by atoms with Gasteiger partial charge >= 0.3 is 6.18 Å². The minimum Gasteiger partial charge on any atom is -0.273 e. The van der Waals surface area contributed by atoms with Crippen LogP contribution < -0.4 is 0 Å². The highest BCUT2D eigenvalue weighted by atomic mass is 19.4. The molecule has 1 fully saturated rings. The minimum absolute atomic E-state index is 0.181. The van der Waals surface area contributed by atoms with Crippen LogP contribution in [-0.2, 0) is 29.3 Å². The van der Waals surface area contributed by atoms with Gasteiger partial charge < -0.3 is 0 Å². The summed E-state index contributed by atoms with van der Waals surface area (Å²) >= 11 is 0. The van der Waals surface area contributed by atoms with Crippen LogP contribution in [0.25, 0.3) is 0 Å². The van der Waals surface area contributed by atoms with Crippen LogP contribution >= 0.6 is 0 Å². The van der Waals surface area contributed by atoms with Gasteiger partial charge in [0.15, 0.2) is 0 Å². The van der Waals surface area contributed by atoms with Crippen LogP contribution in [0.2, 0.25) is 0 Å². The number of rotatable bonds is 3. The van der Waals surface area contributed by atoms with E-state index in [9.17, 15) is 13.2 Å². The van der Waals surface area contributed by atoms with Crippen molar-refractivity contribution in [2.24, 2.45) is 0 Å². The first-order valence-electron chi connectivity index (χ1n) is 13.0. The highest BCUT2D eigenvalue weighted by molar-refractivity contribution is 5.12. The van der Waals surface area contributed by atoms with E-state index < -0.39 is 12.7 Å². The van der Waals surface area contributed by atoms with Crippen LogP contribution in [0.5, 0.6) is 0 Å². The zero-order valence-electron chi connectivity index (χ0n) is 24.2. The fourth-order valence-corrected chi connectivity index (χ4v) is 3.25. The molecule has 4 rings (SSSR count). The lowest BCUT2D eigenvalue weighted by Crippen LogP contribution is -2.19. The van der Waals surface area contributed by atoms with Gasteiger partial charge in [0, 0.05) is 41.4 Å².